The van der Waals surface area contributed by atoms with Gasteiger partial charge in [0.25, 0.3) is 0 Å². The van der Waals surface area contributed by atoms with Crippen LogP contribution in [0.2, 0.25) is 0 Å². The Morgan fingerprint density at radius 1 is 0.872 bits per heavy atom. The van der Waals surface area contributed by atoms with Crippen LogP contribution in [0.5, 0.6) is 40.2 Å². The van der Waals surface area contributed by atoms with Crippen LogP contribution in [0.3, 0.4) is 0 Å². The molecule has 1 fully saturated rings. The van der Waals surface area contributed by atoms with Crippen LogP contribution < -0.4 is 33.2 Å². The highest BCUT2D eigenvalue weighted by molar-refractivity contribution is 5.92. The number of rotatable bonds is 12. The molecule has 1 amide bonds. The Morgan fingerprint density at radius 2 is 1.64 bits per heavy atom. The fraction of sp³-hybridized carbons (Fsp3) is 0.417. The number of morpholine rings is 1. The zero-order valence-electron chi connectivity index (χ0n) is 27.5. The Hall–Kier alpha value is -4.61. The summed E-state index contributed by atoms with van der Waals surface area (Å²) in [5.41, 5.74) is 4.61. The van der Waals surface area contributed by atoms with Crippen molar-refractivity contribution in [2.75, 3.05) is 81.2 Å². The van der Waals surface area contributed by atoms with Gasteiger partial charge >= 0.3 is 0 Å². The molecule has 6 rings (SSSR count). The van der Waals surface area contributed by atoms with Gasteiger partial charge in [0, 0.05) is 44.4 Å². The molecule has 0 atom stereocenters. The fourth-order valence-corrected chi connectivity index (χ4v) is 6.26. The van der Waals surface area contributed by atoms with Gasteiger partial charge in [-0.15, -0.1) is 0 Å². The van der Waals surface area contributed by atoms with Crippen molar-refractivity contribution < 1.29 is 42.7 Å². The Labute approximate surface area is 275 Å². The topological polar surface area (TPSA) is 97.4 Å². The zero-order valence-corrected chi connectivity index (χ0v) is 27.5. The number of carbonyl (C=O) groups excluding carboxylic acids is 1. The summed E-state index contributed by atoms with van der Waals surface area (Å²) < 4.78 is 45.6. The van der Waals surface area contributed by atoms with Crippen molar-refractivity contribution in [1.82, 2.24) is 9.80 Å². The number of nitrogens with zero attached hydrogens (tertiary/aromatic N) is 2. The molecule has 0 aliphatic carbocycles. The maximum absolute atomic E-state index is 13.5. The van der Waals surface area contributed by atoms with E-state index in [9.17, 15) is 4.79 Å². The molecule has 0 radical (unpaired) electrons. The second-order valence-electron chi connectivity index (χ2n) is 11.4. The van der Waals surface area contributed by atoms with E-state index in [0.717, 1.165) is 67.1 Å². The first-order valence-electron chi connectivity index (χ1n) is 15.9. The first-order chi connectivity index (χ1) is 23.0. The highest BCUT2D eigenvalue weighted by atomic mass is 16.7. The fourth-order valence-electron chi connectivity index (χ4n) is 6.26. The van der Waals surface area contributed by atoms with Gasteiger partial charge < -0.3 is 42.8 Å². The van der Waals surface area contributed by atoms with Gasteiger partial charge in [0.15, 0.2) is 34.5 Å². The molecule has 0 spiro atoms. The van der Waals surface area contributed by atoms with Crippen molar-refractivity contribution in [3.8, 4) is 51.4 Å². The summed E-state index contributed by atoms with van der Waals surface area (Å²) in [5.74, 6) is 4.10. The first kappa shape index (κ1) is 32.3. The summed E-state index contributed by atoms with van der Waals surface area (Å²) >= 11 is 0. The molecule has 1 saturated heterocycles. The molecule has 0 N–H and O–H groups in total. The number of fused-ring (bicyclic) bond motifs is 2. The Bertz CT molecular complexity index is 1590. The Morgan fingerprint density at radius 3 is 2.36 bits per heavy atom. The minimum Gasteiger partial charge on any atom is -0.493 e. The van der Waals surface area contributed by atoms with Crippen molar-refractivity contribution in [2.24, 2.45) is 0 Å². The van der Waals surface area contributed by atoms with E-state index in [1.165, 1.54) is 0 Å². The van der Waals surface area contributed by atoms with E-state index in [1.54, 1.807) is 34.5 Å². The summed E-state index contributed by atoms with van der Waals surface area (Å²) in [5, 5.41) is 0. The van der Waals surface area contributed by atoms with E-state index < -0.39 is 0 Å². The van der Waals surface area contributed by atoms with Crippen LogP contribution in [0.4, 0.5) is 0 Å². The number of carbonyl (C=O) groups is 1. The highest BCUT2D eigenvalue weighted by Crippen LogP contribution is 2.50. The standard InChI is InChI=1S/C36H42N2O9/c1-40-29-18-24(6-8-28(29)45-15-5-11-37-13-16-44-17-14-37)7-9-33(39)38-12-10-25-19-32-36(47-23-46-32)34(27(25)22-38)26-20-30(41-2)35(43-4)31(21-26)42-3/h6-9,18-21H,5,10-17,22-23H2,1-4H3/b9-7+. The van der Waals surface area contributed by atoms with Crippen LogP contribution >= 0.6 is 0 Å². The lowest BCUT2D eigenvalue weighted by Gasteiger charge is -2.30. The SMILES string of the molecule is COc1cc(/C=C/C(=O)N2CCc3cc4c(c(-c5cc(OC)c(OC)c(OC)c5)c3C2)OCO4)ccc1OCCCN1CCOCC1. The molecule has 11 nitrogen and oxygen atoms in total. The summed E-state index contributed by atoms with van der Waals surface area (Å²) in [6.07, 6.45) is 5.01. The molecule has 47 heavy (non-hydrogen) atoms. The smallest absolute Gasteiger partial charge is 0.246 e. The average molecular weight is 647 g/mol. The van der Waals surface area contributed by atoms with E-state index in [1.807, 2.05) is 47.4 Å². The van der Waals surface area contributed by atoms with Crippen LogP contribution in [-0.2, 0) is 22.5 Å². The van der Waals surface area contributed by atoms with E-state index in [0.29, 0.717) is 66.4 Å². The molecule has 3 aromatic rings. The lowest BCUT2D eigenvalue weighted by Crippen LogP contribution is -2.37. The van der Waals surface area contributed by atoms with E-state index in [2.05, 4.69) is 4.90 Å². The van der Waals surface area contributed by atoms with Crippen molar-refractivity contribution in [3.63, 3.8) is 0 Å². The predicted octanol–water partition coefficient (Wildman–Crippen LogP) is 4.82. The van der Waals surface area contributed by atoms with Crippen LogP contribution in [-0.4, -0.2) is 96.9 Å². The van der Waals surface area contributed by atoms with Gasteiger partial charge in [-0.1, -0.05) is 6.07 Å². The number of hydrogen-bond acceptors (Lipinski definition) is 10. The molecule has 3 aliphatic heterocycles. The molecular formula is C36H42N2O9. The van der Waals surface area contributed by atoms with Gasteiger partial charge in [0.05, 0.1) is 48.3 Å². The van der Waals surface area contributed by atoms with Gasteiger partial charge in [-0.25, -0.2) is 0 Å². The van der Waals surface area contributed by atoms with Gasteiger partial charge in [0.2, 0.25) is 18.4 Å². The second kappa shape index (κ2) is 14.9. The summed E-state index contributed by atoms with van der Waals surface area (Å²) in [7, 11) is 6.37. The van der Waals surface area contributed by atoms with Gasteiger partial charge in [0.1, 0.15) is 0 Å². The summed E-state index contributed by atoms with van der Waals surface area (Å²) in [4.78, 5) is 17.8. The van der Waals surface area contributed by atoms with Crippen molar-refractivity contribution in [2.45, 2.75) is 19.4 Å². The molecule has 0 saturated carbocycles. The second-order valence-corrected chi connectivity index (χ2v) is 11.4. The van der Waals surface area contributed by atoms with Crippen LogP contribution in [0.25, 0.3) is 17.2 Å². The number of amides is 1. The van der Waals surface area contributed by atoms with Gasteiger partial charge in [-0.2, -0.15) is 0 Å². The molecule has 250 valence electrons. The third-order valence-corrected chi connectivity index (χ3v) is 8.71. The predicted molar refractivity (Wildman–Crippen MR) is 176 cm³/mol. The lowest BCUT2D eigenvalue weighted by molar-refractivity contribution is -0.126. The Balaban J connectivity index is 1.17. The van der Waals surface area contributed by atoms with Crippen molar-refractivity contribution >= 4 is 12.0 Å². The first-order valence-corrected chi connectivity index (χ1v) is 15.9. The van der Waals surface area contributed by atoms with E-state index >= 15 is 0 Å². The van der Waals surface area contributed by atoms with Gasteiger partial charge in [-0.3, -0.25) is 9.69 Å². The zero-order chi connectivity index (χ0) is 32.8. The highest BCUT2D eigenvalue weighted by Gasteiger charge is 2.31. The minimum absolute atomic E-state index is 0.0911. The van der Waals surface area contributed by atoms with Crippen LogP contribution in [0.15, 0.2) is 42.5 Å². The van der Waals surface area contributed by atoms with Crippen molar-refractivity contribution in [3.05, 3.63) is 59.2 Å². The molecule has 0 aromatic heterocycles. The molecular weight excluding hydrogens is 604 g/mol. The summed E-state index contributed by atoms with van der Waals surface area (Å²) in [6, 6.07) is 11.5. The van der Waals surface area contributed by atoms with Crippen LogP contribution in [0.1, 0.15) is 23.1 Å². The maximum atomic E-state index is 13.5. The largest absolute Gasteiger partial charge is 0.493 e. The molecule has 3 heterocycles. The maximum Gasteiger partial charge on any atom is 0.246 e. The number of benzene rings is 3. The minimum atomic E-state index is -0.0911. The molecule has 0 bridgehead atoms. The summed E-state index contributed by atoms with van der Waals surface area (Å²) in [6.45, 7) is 6.19. The molecule has 3 aromatic carbocycles. The third-order valence-electron chi connectivity index (χ3n) is 8.71. The molecule has 0 unspecified atom stereocenters. The normalized spacial score (nSPS) is 15.8. The number of hydrogen-bond donors (Lipinski definition) is 0. The molecule has 3 aliphatic rings. The van der Waals surface area contributed by atoms with Gasteiger partial charge in [-0.05, 0) is 71.5 Å². The number of methoxy groups -OCH3 is 4. The van der Waals surface area contributed by atoms with Crippen molar-refractivity contribution in [1.29, 1.82) is 0 Å². The van der Waals surface area contributed by atoms with E-state index in [4.69, 9.17) is 37.9 Å². The molecule has 11 heteroatoms. The van der Waals surface area contributed by atoms with Crippen LogP contribution in [0, 0.1) is 0 Å². The quantitative estimate of drug-likeness (QED) is 0.201. The Kier molecular flexibility index (Phi) is 10.2. The average Bonchev–Trinajstić information content (AvgIpc) is 3.59. The number of ether oxygens (including phenoxy) is 8. The third kappa shape index (κ3) is 7.06. The lowest BCUT2D eigenvalue weighted by atomic mass is 9.89. The monoisotopic (exact) mass is 646 g/mol. The van der Waals surface area contributed by atoms with E-state index in [-0.39, 0.29) is 12.7 Å².